The zero-order chi connectivity index (χ0) is 22.2. The van der Waals surface area contributed by atoms with Crippen LogP contribution in [0, 0.1) is 12.8 Å². The van der Waals surface area contributed by atoms with Crippen LogP contribution < -0.4 is 10.6 Å². The number of aromatic nitrogens is 1. The Kier molecular flexibility index (Phi) is 5.09. The predicted octanol–water partition coefficient (Wildman–Crippen LogP) is 3.59. The molecule has 1 atom stereocenters. The van der Waals surface area contributed by atoms with Crippen molar-refractivity contribution in [2.45, 2.75) is 25.8 Å². The number of hydrogen-bond acceptors (Lipinski definition) is 5. The second kappa shape index (κ2) is 8.07. The number of fused-ring (bicyclic) bond motifs is 1. The van der Waals surface area contributed by atoms with E-state index in [0.29, 0.717) is 17.9 Å². The minimum atomic E-state index is -0.114. The molecular weight excluding hydrogens is 402 g/mol. The summed E-state index contributed by atoms with van der Waals surface area (Å²) in [7, 11) is 1.88. The summed E-state index contributed by atoms with van der Waals surface area (Å²) in [6, 6.07) is 13.7. The second-order valence-corrected chi connectivity index (χ2v) is 8.61. The Morgan fingerprint density at radius 1 is 1.06 bits per heavy atom. The number of amides is 2. The average molecular weight is 428 g/mol. The summed E-state index contributed by atoms with van der Waals surface area (Å²) < 4.78 is 0. The summed E-state index contributed by atoms with van der Waals surface area (Å²) in [6.07, 6.45) is 5.46. The Morgan fingerprint density at radius 3 is 2.66 bits per heavy atom. The van der Waals surface area contributed by atoms with E-state index in [2.05, 4.69) is 26.8 Å². The van der Waals surface area contributed by atoms with Crippen LogP contribution in [-0.2, 0) is 4.79 Å². The maximum Gasteiger partial charge on any atom is 0.251 e. The molecule has 2 aliphatic rings. The number of nitrogens with zero attached hydrogens (tertiary/aromatic N) is 3. The molecule has 7 heteroatoms. The molecule has 2 heterocycles. The first-order valence-electron chi connectivity index (χ1n) is 10.8. The number of hydrogen-bond donors (Lipinski definition) is 2. The fourth-order valence-electron chi connectivity index (χ4n) is 3.93. The third-order valence-electron chi connectivity index (χ3n) is 5.95. The van der Waals surface area contributed by atoms with Crippen molar-refractivity contribution in [3.8, 4) is 11.1 Å². The van der Waals surface area contributed by atoms with Crippen molar-refractivity contribution in [2.75, 3.05) is 18.9 Å². The fraction of sp³-hybridized carbons (Fsp3) is 0.280. The average Bonchev–Trinajstić information content (AvgIpc) is 3.56. The number of rotatable bonds is 5. The van der Waals surface area contributed by atoms with Gasteiger partial charge in [-0.3, -0.25) is 14.6 Å². The van der Waals surface area contributed by atoms with Gasteiger partial charge in [0, 0.05) is 36.3 Å². The van der Waals surface area contributed by atoms with Crippen LogP contribution in [0.3, 0.4) is 0 Å². The monoisotopic (exact) mass is 427 g/mol. The number of aryl methyl sites for hydroxylation is 1. The smallest absolute Gasteiger partial charge is 0.251 e. The Bertz CT molecular complexity index is 1250. The SMILES string of the molecule is Cc1ccc(C(=O)NC2C=NN(C)C2)cc1-c1ccc2cc(NC(=O)C3CC3)ncc2c1. The van der Waals surface area contributed by atoms with Gasteiger partial charge in [-0.15, -0.1) is 0 Å². The van der Waals surface area contributed by atoms with E-state index < -0.39 is 0 Å². The lowest BCUT2D eigenvalue weighted by Crippen LogP contribution is -2.38. The van der Waals surface area contributed by atoms with Crippen LogP contribution in [0.25, 0.3) is 21.9 Å². The summed E-state index contributed by atoms with van der Waals surface area (Å²) in [5.74, 6) is 0.661. The van der Waals surface area contributed by atoms with Gasteiger partial charge >= 0.3 is 0 Å². The van der Waals surface area contributed by atoms with Crippen LogP contribution in [0.2, 0.25) is 0 Å². The minimum absolute atomic E-state index is 0.0507. The maximum absolute atomic E-state index is 12.8. The van der Waals surface area contributed by atoms with Gasteiger partial charge in [0.25, 0.3) is 5.91 Å². The lowest BCUT2D eigenvalue weighted by molar-refractivity contribution is -0.117. The van der Waals surface area contributed by atoms with Gasteiger partial charge in [0.05, 0.1) is 12.6 Å². The molecule has 2 amide bonds. The minimum Gasteiger partial charge on any atom is -0.342 e. The van der Waals surface area contributed by atoms with E-state index in [1.165, 1.54) is 0 Å². The molecule has 7 nitrogen and oxygen atoms in total. The predicted molar refractivity (Wildman–Crippen MR) is 126 cm³/mol. The molecule has 32 heavy (non-hydrogen) atoms. The third kappa shape index (κ3) is 4.19. The summed E-state index contributed by atoms with van der Waals surface area (Å²) >= 11 is 0. The lowest BCUT2D eigenvalue weighted by atomic mass is 9.96. The molecule has 162 valence electrons. The largest absolute Gasteiger partial charge is 0.342 e. The summed E-state index contributed by atoms with van der Waals surface area (Å²) in [4.78, 5) is 29.2. The number of carbonyl (C=O) groups excluding carboxylic acids is 2. The van der Waals surface area contributed by atoms with Gasteiger partial charge in [0.15, 0.2) is 0 Å². The Morgan fingerprint density at radius 2 is 1.91 bits per heavy atom. The Hall–Kier alpha value is -3.74. The molecule has 1 fully saturated rings. The van der Waals surface area contributed by atoms with Crippen LogP contribution in [0.1, 0.15) is 28.8 Å². The molecule has 1 aliphatic carbocycles. The molecule has 1 saturated carbocycles. The zero-order valence-electron chi connectivity index (χ0n) is 18.1. The highest BCUT2D eigenvalue weighted by Gasteiger charge is 2.29. The first kappa shape index (κ1) is 20.2. The molecule has 2 aromatic carbocycles. The van der Waals surface area contributed by atoms with E-state index in [0.717, 1.165) is 40.3 Å². The van der Waals surface area contributed by atoms with Crippen molar-refractivity contribution in [3.05, 3.63) is 59.8 Å². The van der Waals surface area contributed by atoms with Crippen LogP contribution in [0.15, 0.2) is 53.8 Å². The molecular formula is C25H25N5O2. The molecule has 5 rings (SSSR count). The van der Waals surface area contributed by atoms with Crippen LogP contribution >= 0.6 is 0 Å². The first-order chi connectivity index (χ1) is 15.5. The van der Waals surface area contributed by atoms with Crippen LogP contribution in [0.5, 0.6) is 0 Å². The van der Waals surface area contributed by atoms with Crippen molar-refractivity contribution in [1.82, 2.24) is 15.3 Å². The molecule has 3 aromatic rings. The second-order valence-electron chi connectivity index (χ2n) is 8.61. The lowest BCUT2D eigenvalue weighted by Gasteiger charge is -2.14. The van der Waals surface area contributed by atoms with Gasteiger partial charge in [0.1, 0.15) is 5.82 Å². The molecule has 1 unspecified atom stereocenters. The topological polar surface area (TPSA) is 86.7 Å². The highest BCUT2D eigenvalue weighted by atomic mass is 16.2. The summed E-state index contributed by atoms with van der Waals surface area (Å²) in [5, 5.41) is 13.9. The third-order valence-corrected chi connectivity index (χ3v) is 5.95. The normalized spacial score (nSPS) is 17.6. The molecule has 0 spiro atoms. The van der Waals surface area contributed by atoms with Crippen molar-refractivity contribution >= 4 is 34.6 Å². The van der Waals surface area contributed by atoms with E-state index in [1.807, 2.05) is 50.4 Å². The van der Waals surface area contributed by atoms with Crippen molar-refractivity contribution in [3.63, 3.8) is 0 Å². The number of pyridine rings is 1. The van der Waals surface area contributed by atoms with E-state index in [4.69, 9.17) is 0 Å². The van der Waals surface area contributed by atoms with Gasteiger partial charge in [-0.2, -0.15) is 5.10 Å². The van der Waals surface area contributed by atoms with Crippen molar-refractivity contribution < 1.29 is 9.59 Å². The molecule has 1 aliphatic heterocycles. The number of likely N-dealkylation sites (N-methyl/N-ethyl adjacent to an activating group) is 1. The van der Waals surface area contributed by atoms with Gasteiger partial charge in [0.2, 0.25) is 5.91 Å². The highest BCUT2D eigenvalue weighted by Crippen LogP contribution is 2.31. The fourth-order valence-corrected chi connectivity index (χ4v) is 3.93. The quantitative estimate of drug-likeness (QED) is 0.652. The first-order valence-corrected chi connectivity index (χ1v) is 10.8. The zero-order valence-corrected chi connectivity index (χ0v) is 18.1. The number of carbonyl (C=O) groups is 2. The van der Waals surface area contributed by atoms with E-state index in [1.54, 1.807) is 17.4 Å². The summed E-state index contributed by atoms with van der Waals surface area (Å²) in [6.45, 7) is 2.71. The summed E-state index contributed by atoms with van der Waals surface area (Å²) in [5.41, 5.74) is 3.72. The van der Waals surface area contributed by atoms with E-state index in [-0.39, 0.29) is 23.8 Å². The number of anilines is 1. The van der Waals surface area contributed by atoms with E-state index in [9.17, 15) is 9.59 Å². The molecule has 0 radical (unpaired) electrons. The van der Waals surface area contributed by atoms with Gasteiger partial charge in [-0.25, -0.2) is 4.98 Å². The highest BCUT2D eigenvalue weighted by molar-refractivity contribution is 5.98. The Balaban J connectivity index is 1.38. The number of nitrogens with one attached hydrogen (secondary N) is 2. The maximum atomic E-state index is 12.8. The van der Waals surface area contributed by atoms with Gasteiger partial charge in [-0.1, -0.05) is 18.2 Å². The number of benzene rings is 2. The molecule has 0 bridgehead atoms. The Labute approximate surface area is 186 Å². The molecule has 2 N–H and O–H groups in total. The molecule has 0 saturated heterocycles. The van der Waals surface area contributed by atoms with Crippen LogP contribution in [-0.4, -0.2) is 47.7 Å². The van der Waals surface area contributed by atoms with Crippen LogP contribution in [0.4, 0.5) is 5.82 Å². The molecule has 1 aromatic heterocycles. The van der Waals surface area contributed by atoms with Crippen molar-refractivity contribution in [1.29, 1.82) is 0 Å². The van der Waals surface area contributed by atoms with E-state index >= 15 is 0 Å². The van der Waals surface area contributed by atoms with Gasteiger partial charge < -0.3 is 10.6 Å². The van der Waals surface area contributed by atoms with Gasteiger partial charge in [-0.05, 0) is 66.1 Å². The van der Waals surface area contributed by atoms with Crippen molar-refractivity contribution in [2.24, 2.45) is 11.0 Å². The number of hydrazone groups is 1. The standard InChI is InChI=1S/C25H25N5O2/c1-15-3-4-19(25(32)28-21-13-27-30(2)14-21)10-22(15)18-8-7-17-11-23(26-12-20(17)9-18)29-24(31)16-5-6-16/h3-4,7-13,16,21H,5-6,14H2,1-2H3,(H,28,32)(H,26,29,31).